The van der Waals surface area contributed by atoms with Crippen molar-refractivity contribution in [2.75, 3.05) is 0 Å². The second kappa shape index (κ2) is 16.4. The topological polar surface area (TPSA) is 55.8 Å². The van der Waals surface area contributed by atoms with Gasteiger partial charge in [-0.15, -0.1) is 12.1 Å². The summed E-state index contributed by atoms with van der Waals surface area (Å²) < 4.78 is 45.0. The molecule has 0 aliphatic heterocycles. The number of carbonyl (C=O) groups is 1. The monoisotopic (exact) mass is 711 g/mol. The average molecular weight is 712 g/mol. The molecule has 0 spiro atoms. The van der Waals surface area contributed by atoms with Crippen LogP contribution in [-0.4, -0.2) is 17.3 Å². The normalized spacial score (nSPS) is 10.7. The minimum Gasteiger partial charge on any atom is -0.490 e. The number of rotatable bonds is 8. The predicted molar refractivity (Wildman–Crippen MR) is 163 cm³/mol. The van der Waals surface area contributed by atoms with Crippen LogP contribution >= 0.6 is 16.3 Å². The molecule has 1 N–H and O–H groups in total. The van der Waals surface area contributed by atoms with Crippen molar-refractivity contribution in [2.24, 2.45) is 0 Å². The molecule has 0 aromatic heterocycles. The van der Waals surface area contributed by atoms with Gasteiger partial charge in [0.1, 0.15) is 16.3 Å². The minimum atomic E-state index is -5.08. The van der Waals surface area contributed by atoms with E-state index in [-0.39, 0.29) is 20.4 Å². The summed E-state index contributed by atoms with van der Waals surface area (Å²) in [5.41, 5.74) is 1.07. The molecule has 224 valence electrons. The van der Waals surface area contributed by atoms with E-state index in [1.165, 1.54) is 0 Å². The van der Waals surface area contributed by atoms with Crippen LogP contribution in [0.4, 0.5) is 13.2 Å². The first-order valence-corrected chi connectivity index (χ1v) is 15.2. The fourth-order valence-electron chi connectivity index (χ4n) is 3.71. The molecule has 4 nitrogen and oxygen atoms in total. The van der Waals surface area contributed by atoms with Crippen LogP contribution in [0.25, 0.3) is 0 Å². The molecule has 10 heteroatoms. The first kappa shape index (κ1) is 34.0. The van der Waals surface area contributed by atoms with Gasteiger partial charge in [0.2, 0.25) is 0 Å². The van der Waals surface area contributed by atoms with Crippen LogP contribution in [0.3, 0.4) is 0 Å². The van der Waals surface area contributed by atoms with E-state index in [1.807, 2.05) is 36.4 Å². The number of alkyl halides is 3. The summed E-state index contributed by atoms with van der Waals surface area (Å²) in [7, 11) is -2.08. The molecule has 43 heavy (non-hydrogen) atoms. The third-order valence-electron chi connectivity index (χ3n) is 5.55. The number of hydrogen-bond donors (Lipinski definition) is 1. The second-order valence-corrected chi connectivity index (χ2v) is 12.4. The number of carboxylic acid groups (broad SMARTS) is 1. The number of halogens is 3. The van der Waals surface area contributed by atoms with E-state index in [0.717, 1.165) is 26.8 Å². The molecule has 0 saturated carbocycles. The van der Waals surface area contributed by atoms with Gasteiger partial charge in [-0.25, -0.2) is 4.79 Å². The Morgan fingerprint density at radius 1 is 0.628 bits per heavy atom. The van der Waals surface area contributed by atoms with Gasteiger partial charge in [0.05, 0.1) is 0 Å². The van der Waals surface area contributed by atoms with Crippen LogP contribution in [0.15, 0.2) is 133 Å². The molecule has 0 amide bonds. The van der Waals surface area contributed by atoms with Gasteiger partial charge in [0, 0.05) is 53.1 Å². The van der Waals surface area contributed by atoms with Crippen molar-refractivity contribution < 1.29 is 52.5 Å². The van der Waals surface area contributed by atoms with Gasteiger partial charge < -0.3 is 14.2 Å². The van der Waals surface area contributed by atoms with Crippen LogP contribution < -0.4 is 30.3 Å². The van der Waals surface area contributed by atoms with E-state index in [2.05, 4.69) is 110 Å². The quantitative estimate of drug-likeness (QED) is 0.105. The molecular formula is C33H26F3O4P2Pd-. The third-order valence-corrected chi connectivity index (χ3v) is 9.38. The minimum absolute atomic E-state index is 0. The van der Waals surface area contributed by atoms with E-state index >= 15 is 0 Å². The van der Waals surface area contributed by atoms with E-state index in [4.69, 9.17) is 18.9 Å². The Morgan fingerprint density at radius 2 is 0.884 bits per heavy atom. The van der Waals surface area contributed by atoms with Crippen molar-refractivity contribution in [1.29, 1.82) is 0 Å². The van der Waals surface area contributed by atoms with Gasteiger partial charge in [0.15, 0.2) is 0 Å². The molecule has 0 aliphatic carbocycles. The van der Waals surface area contributed by atoms with Crippen molar-refractivity contribution in [2.45, 2.75) is 13.1 Å². The summed E-state index contributed by atoms with van der Waals surface area (Å²) in [6, 6.07) is 49.0. The molecular weight excluding hydrogens is 686 g/mol. The zero-order valence-corrected chi connectivity index (χ0v) is 26.1. The number of aryl methyl sites for hydroxylation is 1. The number of carboxylic acids is 1. The van der Waals surface area contributed by atoms with Crippen molar-refractivity contribution >= 4 is 43.5 Å². The maximum absolute atomic E-state index is 10.6. The molecule has 5 aromatic carbocycles. The maximum atomic E-state index is 10.6. The fourth-order valence-corrected chi connectivity index (χ4v) is 7.09. The fraction of sp³-hybridized carbons (Fsp3) is 0.0606. The third kappa shape index (κ3) is 10.3. The molecule has 0 aliphatic rings. The molecule has 0 bridgehead atoms. The second-order valence-electron chi connectivity index (χ2n) is 8.80. The van der Waals surface area contributed by atoms with Gasteiger partial charge in [-0.3, -0.25) is 0 Å². The van der Waals surface area contributed by atoms with Gasteiger partial charge in [-0.2, -0.15) is 18.7 Å². The Labute approximate surface area is 264 Å². The molecule has 0 radical (unpaired) electrons. The molecule has 5 aromatic rings. The van der Waals surface area contributed by atoms with Crippen LogP contribution in [0.5, 0.6) is 11.5 Å². The maximum Gasteiger partial charge on any atom is 0.490 e. The van der Waals surface area contributed by atoms with Crippen molar-refractivity contribution in [3.05, 3.63) is 145 Å². The first-order valence-electron chi connectivity index (χ1n) is 12.7. The van der Waals surface area contributed by atoms with Crippen molar-refractivity contribution in [1.82, 2.24) is 0 Å². The predicted octanol–water partition coefficient (Wildman–Crippen LogP) is 7.28. The van der Waals surface area contributed by atoms with E-state index < -0.39 is 28.4 Å². The van der Waals surface area contributed by atoms with Gasteiger partial charge in [0.25, 0.3) is 0 Å². The summed E-state index contributed by atoms with van der Waals surface area (Å²) >= 11 is 0. The van der Waals surface area contributed by atoms with E-state index in [0.29, 0.717) is 11.5 Å². The number of hydrogen-bond acceptors (Lipinski definition) is 3. The average Bonchev–Trinajstić information content (AvgIpc) is 3.00. The summed E-state index contributed by atoms with van der Waals surface area (Å²) in [4.78, 5) is 8.90. The number of aliphatic carboxylic acids is 1. The Morgan fingerprint density at radius 3 is 1.12 bits per heavy atom. The summed E-state index contributed by atoms with van der Waals surface area (Å²) in [5, 5.41) is 11.7. The van der Waals surface area contributed by atoms with Gasteiger partial charge in [-0.1, -0.05) is 134 Å². The van der Waals surface area contributed by atoms with Crippen LogP contribution in [0.2, 0.25) is 0 Å². The van der Waals surface area contributed by atoms with Crippen LogP contribution in [-0.2, 0) is 25.2 Å². The summed E-state index contributed by atoms with van der Waals surface area (Å²) in [6.45, 7) is 2.06. The summed E-state index contributed by atoms with van der Waals surface area (Å²) in [5.74, 6) is -1.38. The molecule has 5 rings (SSSR count). The van der Waals surface area contributed by atoms with Crippen LogP contribution in [0, 0.1) is 13.0 Å². The largest absolute Gasteiger partial charge is 0.490 e. The standard InChI is InChI=1S/C31H25O2P2.C2HF3O2.Pd/c1-25-22-26(32-34(28-14-6-2-7-15-28)29-16-8-3-9-17-29)24-27(23-25)33-35(30-18-10-4-11-19-30)31-20-12-5-13-21-31;3-2(4,5)1(6)7;/h2-23H,1H3;(H,6,7);/q-1;;. The Kier molecular flexibility index (Phi) is 12.9. The Balaban J connectivity index is 0.000000567. The zero-order valence-electron chi connectivity index (χ0n) is 22.7. The molecule has 0 unspecified atom stereocenters. The SMILES string of the molecule is Cc1cc(OP(c2ccccc2)c2ccccc2)[c-]c(OP(c2ccccc2)c2ccccc2)c1.O=C(O)C(F)(F)F.[Pd]. The first-order chi connectivity index (χ1) is 20.2. The van der Waals surface area contributed by atoms with E-state index in [1.54, 1.807) is 0 Å². The molecule has 0 atom stereocenters. The molecule has 0 fully saturated rings. The Bertz CT molecular complexity index is 1380. The van der Waals surface area contributed by atoms with E-state index in [9.17, 15) is 13.2 Å². The Hall–Kier alpha value is -3.52. The smallest absolute Gasteiger partial charge is 0.490 e. The molecule has 0 saturated heterocycles. The van der Waals surface area contributed by atoms with Crippen LogP contribution in [0.1, 0.15) is 5.56 Å². The molecule has 0 heterocycles. The summed E-state index contributed by atoms with van der Waals surface area (Å²) in [6.07, 6.45) is -5.08. The van der Waals surface area contributed by atoms with Gasteiger partial charge >= 0.3 is 12.1 Å². The number of benzene rings is 5. The van der Waals surface area contributed by atoms with Crippen molar-refractivity contribution in [3.63, 3.8) is 0 Å². The van der Waals surface area contributed by atoms with Crippen molar-refractivity contribution in [3.8, 4) is 11.5 Å². The van der Waals surface area contributed by atoms with Gasteiger partial charge in [-0.05, 0) is 0 Å². The zero-order chi connectivity index (χ0) is 30.0.